The molecule has 4 rings (SSSR count). The van der Waals surface area contributed by atoms with Crippen molar-refractivity contribution in [2.24, 2.45) is 11.8 Å². The van der Waals surface area contributed by atoms with E-state index in [4.69, 9.17) is 0 Å². The smallest absolute Gasteiger partial charge is 0.247 e. The zero-order valence-electron chi connectivity index (χ0n) is 25.1. The molecule has 8 heteroatoms. The second-order valence-corrected chi connectivity index (χ2v) is 14.0. The van der Waals surface area contributed by atoms with Crippen molar-refractivity contribution in [3.8, 4) is 0 Å². The van der Waals surface area contributed by atoms with E-state index in [1.165, 1.54) is 0 Å². The maximum absolute atomic E-state index is 14.6. The second-order valence-electron chi connectivity index (χ2n) is 12.1. The number of benzene rings is 1. The van der Waals surface area contributed by atoms with Gasteiger partial charge in [-0.3, -0.25) is 14.4 Å². The van der Waals surface area contributed by atoms with E-state index in [0.717, 1.165) is 24.8 Å². The van der Waals surface area contributed by atoms with Crippen molar-refractivity contribution in [1.82, 2.24) is 14.7 Å². The van der Waals surface area contributed by atoms with E-state index in [0.29, 0.717) is 32.5 Å². The van der Waals surface area contributed by atoms with Crippen molar-refractivity contribution >= 4 is 29.5 Å². The first kappa shape index (κ1) is 31.4. The van der Waals surface area contributed by atoms with Crippen LogP contribution in [0.15, 0.2) is 55.6 Å². The zero-order chi connectivity index (χ0) is 29.9. The van der Waals surface area contributed by atoms with E-state index in [2.05, 4.69) is 27.0 Å². The van der Waals surface area contributed by atoms with Crippen molar-refractivity contribution < 1.29 is 19.5 Å². The highest BCUT2D eigenvalue weighted by atomic mass is 32.2. The first-order valence-corrected chi connectivity index (χ1v) is 15.9. The van der Waals surface area contributed by atoms with Crippen LogP contribution in [0, 0.1) is 11.8 Å². The number of hydrogen-bond acceptors (Lipinski definition) is 5. The fourth-order valence-corrected chi connectivity index (χ4v) is 9.90. The number of aliphatic hydroxyl groups excluding tert-OH is 1. The van der Waals surface area contributed by atoms with Gasteiger partial charge in [0.15, 0.2) is 0 Å². The lowest BCUT2D eigenvalue weighted by atomic mass is 9.66. The Labute approximate surface area is 250 Å². The van der Waals surface area contributed by atoms with Crippen LogP contribution in [0.1, 0.15) is 65.4 Å². The molecule has 1 spiro atoms. The molecule has 3 unspecified atom stereocenters. The fraction of sp³-hybridized carbons (Fsp3) is 0.606. The van der Waals surface area contributed by atoms with Gasteiger partial charge in [0.1, 0.15) is 6.04 Å². The highest BCUT2D eigenvalue weighted by molar-refractivity contribution is 8.02. The number of aliphatic hydroxyl groups is 1. The summed E-state index contributed by atoms with van der Waals surface area (Å²) in [4.78, 5) is 49.0. The molecule has 3 heterocycles. The molecule has 2 bridgehead atoms. The first-order chi connectivity index (χ1) is 19.6. The summed E-state index contributed by atoms with van der Waals surface area (Å²) in [6, 6.07) is 8.62. The Balaban J connectivity index is 1.78. The highest BCUT2D eigenvalue weighted by Crippen LogP contribution is 2.72. The van der Waals surface area contributed by atoms with E-state index in [1.54, 1.807) is 33.7 Å². The van der Waals surface area contributed by atoms with Crippen LogP contribution in [0.2, 0.25) is 0 Å². The van der Waals surface area contributed by atoms with Gasteiger partial charge in [0, 0.05) is 30.4 Å². The van der Waals surface area contributed by atoms with Crippen molar-refractivity contribution in [3.63, 3.8) is 0 Å². The van der Waals surface area contributed by atoms with Crippen molar-refractivity contribution in [3.05, 3.63) is 61.2 Å². The second kappa shape index (κ2) is 12.7. The molecule has 1 aromatic carbocycles. The van der Waals surface area contributed by atoms with Crippen LogP contribution >= 0.6 is 11.8 Å². The minimum Gasteiger partial charge on any atom is -0.394 e. The molecule has 3 aliphatic rings. The summed E-state index contributed by atoms with van der Waals surface area (Å²) in [7, 11) is 0. The Kier molecular flexibility index (Phi) is 9.74. The minimum atomic E-state index is -0.733. The van der Waals surface area contributed by atoms with Crippen molar-refractivity contribution in [1.29, 1.82) is 0 Å². The summed E-state index contributed by atoms with van der Waals surface area (Å²) in [5.41, 5.74) is 1.02. The van der Waals surface area contributed by atoms with Crippen LogP contribution in [-0.4, -0.2) is 84.8 Å². The number of carbonyl (C=O) groups excluding carboxylic acids is 3. The molecule has 3 aliphatic heterocycles. The van der Waals surface area contributed by atoms with Gasteiger partial charge in [-0.2, -0.15) is 0 Å². The molecule has 1 aromatic rings. The summed E-state index contributed by atoms with van der Waals surface area (Å²) >= 11 is 1.68. The third-order valence-corrected chi connectivity index (χ3v) is 11.5. The standard InChI is InChI=1S/C33H47N3O4S/c1-7-14-23(5)35(20-9-3)31(40)28-33-18-17-32(6,41-33)26(27(33)30(39)36(28)25(10-4)22-37)29(38)34(19-8-2)21-24-15-12-11-13-16-24/h8-9,11-13,15-16,23,25-28,37H,2-3,7,10,14,17-22H2,1,4-6H3/t23?,25-,26-,27-,28?,32+,33?/m0/s1. The monoisotopic (exact) mass is 581 g/mol. The van der Waals surface area contributed by atoms with E-state index in [9.17, 15) is 19.5 Å². The van der Waals surface area contributed by atoms with Gasteiger partial charge in [-0.25, -0.2) is 0 Å². The fourth-order valence-electron chi connectivity index (χ4n) is 7.57. The highest BCUT2D eigenvalue weighted by Gasteiger charge is 2.78. The Bertz CT molecular complexity index is 1140. The van der Waals surface area contributed by atoms with Gasteiger partial charge in [-0.15, -0.1) is 24.9 Å². The van der Waals surface area contributed by atoms with E-state index in [-0.39, 0.29) is 30.4 Å². The molecular formula is C33H47N3O4S. The summed E-state index contributed by atoms with van der Waals surface area (Å²) < 4.78 is -1.18. The van der Waals surface area contributed by atoms with Gasteiger partial charge >= 0.3 is 0 Å². The van der Waals surface area contributed by atoms with Crippen LogP contribution in [0.3, 0.4) is 0 Å². The topological polar surface area (TPSA) is 81.2 Å². The van der Waals surface area contributed by atoms with Gasteiger partial charge in [0.25, 0.3) is 0 Å². The maximum Gasteiger partial charge on any atom is 0.247 e. The summed E-state index contributed by atoms with van der Waals surface area (Å²) in [6.07, 6.45) is 7.22. The Morgan fingerprint density at radius 2 is 1.83 bits per heavy atom. The number of nitrogens with zero attached hydrogens (tertiary/aromatic N) is 3. The minimum absolute atomic E-state index is 0.0160. The number of likely N-dealkylation sites (tertiary alicyclic amines) is 1. The van der Waals surface area contributed by atoms with Crippen LogP contribution in [0.4, 0.5) is 0 Å². The summed E-state index contributed by atoms with van der Waals surface area (Å²) in [5, 5.41) is 10.4. The molecule has 3 fully saturated rings. The molecule has 3 amide bonds. The van der Waals surface area contributed by atoms with Gasteiger partial charge in [-0.1, -0.05) is 62.8 Å². The van der Waals surface area contributed by atoms with Crippen molar-refractivity contribution in [2.75, 3.05) is 19.7 Å². The number of fused-ring (bicyclic) bond motifs is 1. The summed E-state index contributed by atoms with van der Waals surface area (Å²) in [5.74, 6) is -1.50. The summed E-state index contributed by atoms with van der Waals surface area (Å²) in [6.45, 7) is 17.0. The Hall–Kier alpha value is -2.58. The third kappa shape index (κ3) is 5.38. The molecule has 1 N–H and O–H groups in total. The number of carbonyl (C=O) groups is 3. The van der Waals surface area contributed by atoms with Crippen LogP contribution < -0.4 is 0 Å². The zero-order valence-corrected chi connectivity index (χ0v) is 25.9. The van der Waals surface area contributed by atoms with E-state index in [1.807, 2.05) is 49.1 Å². The lowest BCUT2D eigenvalue weighted by Gasteiger charge is -2.41. The predicted molar refractivity (Wildman–Crippen MR) is 165 cm³/mol. The van der Waals surface area contributed by atoms with Crippen LogP contribution in [0.25, 0.3) is 0 Å². The molecule has 224 valence electrons. The number of amides is 3. The predicted octanol–water partition coefficient (Wildman–Crippen LogP) is 4.66. The number of rotatable bonds is 14. The SMILES string of the molecule is C=CCN(Cc1ccccc1)C(=O)[C@@H]1[C@H]2C(=O)N([C@@H](CC)CO)C(C(=O)N(CC=C)C(C)CCC)C23CC[C@@]1(C)S3. The molecular weight excluding hydrogens is 534 g/mol. The lowest BCUT2D eigenvalue weighted by molar-refractivity contribution is -0.148. The molecule has 0 aliphatic carbocycles. The van der Waals surface area contributed by atoms with Gasteiger partial charge in [-0.05, 0) is 45.1 Å². The molecule has 41 heavy (non-hydrogen) atoms. The number of hydrogen-bond donors (Lipinski definition) is 1. The van der Waals surface area contributed by atoms with Crippen LogP contribution in [0.5, 0.6) is 0 Å². The average molecular weight is 582 g/mol. The lowest BCUT2D eigenvalue weighted by Crippen LogP contribution is -2.58. The normalized spacial score (nSPS) is 29.6. The molecule has 7 nitrogen and oxygen atoms in total. The molecule has 7 atom stereocenters. The Morgan fingerprint density at radius 3 is 2.41 bits per heavy atom. The molecule has 0 radical (unpaired) electrons. The molecule has 0 aromatic heterocycles. The van der Waals surface area contributed by atoms with E-state index < -0.39 is 33.4 Å². The average Bonchev–Trinajstić information content (AvgIpc) is 3.53. The molecule has 3 saturated heterocycles. The van der Waals surface area contributed by atoms with Crippen molar-refractivity contribution in [2.45, 2.75) is 94.0 Å². The number of thioether (sulfide) groups is 1. The quantitative estimate of drug-likeness (QED) is 0.324. The largest absolute Gasteiger partial charge is 0.394 e. The van der Waals surface area contributed by atoms with Gasteiger partial charge in [0.2, 0.25) is 17.7 Å². The third-order valence-electron chi connectivity index (χ3n) is 9.51. The van der Waals surface area contributed by atoms with Gasteiger partial charge < -0.3 is 19.8 Å². The van der Waals surface area contributed by atoms with Crippen LogP contribution in [-0.2, 0) is 20.9 Å². The maximum atomic E-state index is 14.6. The Morgan fingerprint density at radius 1 is 1.15 bits per heavy atom. The van der Waals surface area contributed by atoms with Gasteiger partial charge in [0.05, 0.1) is 29.2 Å². The van der Waals surface area contributed by atoms with E-state index >= 15 is 0 Å². The first-order valence-electron chi connectivity index (χ1n) is 15.1. The molecule has 0 saturated carbocycles.